The number of hydrogen-bond donors (Lipinski definition) is 2. The smallest absolute Gasteiger partial charge is 0.275 e. The lowest BCUT2D eigenvalue weighted by molar-refractivity contribution is -0.130. The SMILES string of the molecule is N[C@@H](Cc1ccccc1)C(=O)N(N)C(=O)c1cccc2c1C(=O)c1ccccc1C2=O. The standard InChI is InChI=1S/C24H19N3O4/c25-19(13-14-7-2-1-3-8-14)24(31)27(26)23(30)18-12-6-11-17-20(18)22(29)16-10-5-4-9-15(16)21(17)28/h1-12,19H,13,25-26H2/t19-/m0/s1. The average Bonchev–Trinajstić information content (AvgIpc) is 2.81. The first-order valence-electron chi connectivity index (χ1n) is 9.64. The predicted molar refractivity (Wildman–Crippen MR) is 113 cm³/mol. The lowest BCUT2D eigenvalue weighted by atomic mass is 9.81. The third-order valence-electron chi connectivity index (χ3n) is 5.25. The molecular weight excluding hydrogens is 394 g/mol. The Morgan fingerprint density at radius 1 is 0.774 bits per heavy atom. The molecule has 0 saturated heterocycles. The number of rotatable bonds is 4. The van der Waals surface area contributed by atoms with Gasteiger partial charge in [0.25, 0.3) is 11.8 Å². The molecule has 3 aromatic carbocycles. The van der Waals surface area contributed by atoms with Crippen molar-refractivity contribution in [1.82, 2.24) is 5.01 Å². The fourth-order valence-electron chi connectivity index (χ4n) is 3.69. The van der Waals surface area contributed by atoms with Crippen LogP contribution < -0.4 is 11.6 Å². The number of benzene rings is 3. The Balaban J connectivity index is 1.65. The van der Waals surface area contributed by atoms with Crippen LogP contribution in [-0.4, -0.2) is 34.4 Å². The summed E-state index contributed by atoms with van der Waals surface area (Å²) in [4.78, 5) is 51.6. The summed E-state index contributed by atoms with van der Waals surface area (Å²) in [5.41, 5.74) is 7.19. The Kier molecular flexibility index (Phi) is 5.29. The number of nitrogens with two attached hydrogens (primary N) is 2. The average molecular weight is 413 g/mol. The zero-order valence-electron chi connectivity index (χ0n) is 16.4. The molecule has 4 N–H and O–H groups in total. The van der Waals surface area contributed by atoms with Gasteiger partial charge in [0.05, 0.1) is 11.6 Å². The maximum absolute atomic E-state index is 13.1. The van der Waals surface area contributed by atoms with Crippen molar-refractivity contribution in [1.29, 1.82) is 0 Å². The Morgan fingerprint density at radius 3 is 2.03 bits per heavy atom. The highest BCUT2D eigenvalue weighted by Gasteiger charge is 2.35. The second-order valence-corrected chi connectivity index (χ2v) is 7.24. The van der Waals surface area contributed by atoms with Crippen LogP contribution in [0, 0.1) is 0 Å². The molecule has 0 fully saturated rings. The van der Waals surface area contributed by atoms with Gasteiger partial charge in [-0.1, -0.05) is 66.7 Å². The van der Waals surface area contributed by atoms with E-state index in [1.807, 2.05) is 30.3 Å². The molecule has 1 atom stereocenters. The van der Waals surface area contributed by atoms with Crippen molar-refractivity contribution >= 4 is 23.4 Å². The lowest BCUT2D eigenvalue weighted by Gasteiger charge is -2.23. The molecule has 154 valence electrons. The molecule has 31 heavy (non-hydrogen) atoms. The fraction of sp³-hybridized carbons (Fsp3) is 0.0833. The minimum Gasteiger partial charge on any atom is -0.320 e. The molecule has 0 heterocycles. The van der Waals surface area contributed by atoms with E-state index < -0.39 is 23.6 Å². The summed E-state index contributed by atoms with van der Waals surface area (Å²) in [6, 6.07) is 18.8. The van der Waals surface area contributed by atoms with Crippen molar-refractivity contribution in [2.75, 3.05) is 0 Å². The van der Waals surface area contributed by atoms with Crippen molar-refractivity contribution in [3.05, 3.63) is 106 Å². The normalized spacial score (nSPS) is 13.2. The first-order valence-corrected chi connectivity index (χ1v) is 9.64. The van der Waals surface area contributed by atoms with Crippen LogP contribution in [0.2, 0.25) is 0 Å². The first-order chi connectivity index (χ1) is 14.9. The monoisotopic (exact) mass is 413 g/mol. The summed E-state index contributed by atoms with van der Waals surface area (Å²) in [5.74, 6) is 3.29. The van der Waals surface area contributed by atoms with Crippen molar-refractivity contribution in [3.8, 4) is 0 Å². The summed E-state index contributed by atoms with van der Waals surface area (Å²) < 4.78 is 0. The first kappa shape index (κ1) is 20.3. The second-order valence-electron chi connectivity index (χ2n) is 7.24. The van der Waals surface area contributed by atoms with Gasteiger partial charge in [0.2, 0.25) is 0 Å². The number of carbonyl (C=O) groups excluding carboxylic acids is 4. The van der Waals surface area contributed by atoms with E-state index >= 15 is 0 Å². The van der Waals surface area contributed by atoms with Crippen LogP contribution in [0.1, 0.15) is 47.8 Å². The van der Waals surface area contributed by atoms with E-state index in [1.54, 1.807) is 18.2 Å². The molecule has 7 nitrogen and oxygen atoms in total. The maximum atomic E-state index is 13.1. The van der Waals surface area contributed by atoms with Gasteiger partial charge in [0.15, 0.2) is 11.6 Å². The van der Waals surface area contributed by atoms with Crippen LogP contribution >= 0.6 is 0 Å². The molecule has 1 aliphatic rings. The van der Waals surface area contributed by atoms with Crippen LogP contribution in [0.15, 0.2) is 72.8 Å². The highest BCUT2D eigenvalue weighted by molar-refractivity contribution is 6.31. The van der Waals surface area contributed by atoms with Gasteiger partial charge >= 0.3 is 0 Å². The Morgan fingerprint density at radius 2 is 1.35 bits per heavy atom. The molecule has 4 rings (SSSR count). The molecule has 1 aliphatic carbocycles. The number of carbonyl (C=O) groups is 4. The van der Waals surface area contributed by atoms with Gasteiger partial charge in [-0.05, 0) is 18.1 Å². The van der Waals surface area contributed by atoms with Gasteiger partial charge in [-0.25, -0.2) is 10.9 Å². The zero-order chi connectivity index (χ0) is 22.1. The fourth-order valence-corrected chi connectivity index (χ4v) is 3.69. The Hall–Kier alpha value is -3.94. The van der Waals surface area contributed by atoms with E-state index in [0.717, 1.165) is 5.56 Å². The van der Waals surface area contributed by atoms with Gasteiger partial charge in [-0.3, -0.25) is 19.2 Å². The second kappa shape index (κ2) is 8.06. The van der Waals surface area contributed by atoms with Crippen LogP contribution in [0.3, 0.4) is 0 Å². The molecule has 3 aromatic rings. The number of imide groups is 1. The topological polar surface area (TPSA) is 124 Å². The van der Waals surface area contributed by atoms with Crippen LogP contribution in [0.25, 0.3) is 0 Å². The van der Waals surface area contributed by atoms with Crippen LogP contribution in [0.5, 0.6) is 0 Å². The molecule has 0 saturated carbocycles. The minimum atomic E-state index is -1.05. The number of hydrazine groups is 1. The Labute approximate surface area is 178 Å². The highest BCUT2D eigenvalue weighted by Crippen LogP contribution is 2.30. The number of hydrogen-bond acceptors (Lipinski definition) is 6. The van der Waals surface area contributed by atoms with E-state index in [2.05, 4.69) is 0 Å². The quantitative estimate of drug-likeness (QED) is 0.299. The molecule has 0 radical (unpaired) electrons. The minimum absolute atomic E-state index is 0.0592. The highest BCUT2D eigenvalue weighted by atomic mass is 16.2. The molecule has 0 spiro atoms. The zero-order valence-corrected chi connectivity index (χ0v) is 16.4. The summed E-state index contributed by atoms with van der Waals surface area (Å²) >= 11 is 0. The molecule has 2 amide bonds. The van der Waals surface area contributed by atoms with Crippen molar-refractivity contribution in [2.24, 2.45) is 11.6 Å². The molecule has 0 unspecified atom stereocenters. The van der Waals surface area contributed by atoms with E-state index in [0.29, 0.717) is 5.01 Å². The number of ketones is 2. The third-order valence-corrected chi connectivity index (χ3v) is 5.25. The molecule has 0 aliphatic heterocycles. The van der Waals surface area contributed by atoms with Crippen molar-refractivity contribution in [2.45, 2.75) is 12.5 Å². The van der Waals surface area contributed by atoms with Crippen LogP contribution in [-0.2, 0) is 11.2 Å². The van der Waals surface area contributed by atoms with Gasteiger partial charge in [-0.15, -0.1) is 0 Å². The van der Waals surface area contributed by atoms with E-state index in [1.165, 1.54) is 24.3 Å². The van der Waals surface area contributed by atoms with E-state index in [9.17, 15) is 19.2 Å². The van der Waals surface area contributed by atoms with Crippen LogP contribution in [0.4, 0.5) is 0 Å². The number of nitrogens with zero attached hydrogens (tertiary/aromatic N) is 1. The largest absolute Gasteiger partial charge is 0.320 e. The summed E-state index contributed by atoms with van der Waals surface area (Å²) in [6.07, 6.45) is 0.193. The van der Waals surface area contributed by atoms with Crippen molar-refractivity contribution in [3.63, 3.8) is 0 Å². The lowest BCUT2D eigenvalue weighted by Crippen LogP contribution is -2.51. The van der Waals surface area contributed by atoms with E-state index in [4.69, 9.17) is 11.6 Å². The molecule has 0 bridgehead atoms. The van der Waals surface area contributed by atoms with Gasteiger partial charge in [-0.2, -0.15) is 0 Å². The van der Waals surface area contributed by atoms with Gasteiger partial charge < -0.3 is 5.73 Å². The third kappa shape index (κ3) is 3.56. The number of amides is 2. The Bertz CT molecular complexity index is 1220. The molecular formula is C24H19N3O4. The molecule has 7 heteroatoms. The van der Waals surface area contributed by atoms with E-state index in [-0.39, 0.29) is 40.0 Å². The maximum Gasteiger partial charge on any atom is 0.275 e. The summed E-state index contributed by atoms with van der Waals surface area (Å²) in [6.45, 7) is 0. The number of fused-ring (bicyclic) bond motifs is 2. The van der Waals surface area contributed by atoms with Gasteiger partial charge in [0, 0.05) is 22.3 Å². The predicted octanol–water partition coefficient (Wildman–Crippen LogP) is 1.87. The van der Waals surface area contributed by atoms with Crippen molar-refractivity contribution < 1.29 is 19.2 Å². The molecule has 0 aromatic heterocycles. The van der Waals surface area contributed by atoms with Gasteiger partial charge in [0.1, 0.15) is 0 Å². The summed E-state index contributed by atoms with van der Waals surface area (Å²) in [7, 11) is 0. The summed E-state index contributed by atoms with van der Waals surface area (Å²) in [5, 5.41) is 0.418.